The van der Waals surface area contributed by atoms with E-state index in [4.69, 9.17) is 27.9 Å². The summed E-state index contributed by atoms with van der Waals surface area (Å²) in [5.41, 5.74) is 6.84. The van der Waals surface area contributed by atoms with Gasteiger partial charge in [-0.2, -0.15) is 0 Å². The average molecular weight is 382 g/mol. The molecule has 24 heavy (non-hydrogen) atoms. The van der Waals surface area contributed by atoms with Crippen LogP contribution in [0.1, 0.15) is 5.01 Å². The highest BCUT2D eigenvalue weighted by Crippen LogP contribution is 2.24. The second-order valence-electron chi connectivity index (χ2n) is 4.87. The number of halogens is 2. The molecule has 0 bridgehead atoms. The first-order valence-corrected chi connectivity index (χ1v) is 8.61. The molecule has 124 valence electrons. The van der Waals surface area contributed by atoms with Crippen molar-refractivity contribution >= 4 is 56.3 Å². The molecule has 0 saturated heterocycles. The molecule has 2 N–H and O–H groups in total. The normalized spacial score (nSPS) is 10.8. The maximum absolute atomic E-state index is 11.8. The lowest BCUT2D eigenvalue weighted by Gasteiger charge is -2.09. The minimum absolute atomic E-state index is 0.0791. The van der Waals surface area contributed by atoms with Crippen molar-refractivity contribution in [3.05, 3.63) is 57.5 Å². The largest absolute Gasteiger partial charge is 0.364 e. The van der Waals surface area contributed by atoms with Gasteiger partial charge in [-0.1, -0.05) is 35.3 Å². The van der Waals surface area contributed by atoms with Crippen LogP contribution in [0, 0.1) is 0 Å². The van der Waals surface area contributed by atoms with E-state index in [0.29, 0.717) is 22.3 Å². The van der Waals surface area contributed by atoms with E-state index < -0.39 is 0 Å². The van der Waals surface area contributed by atoms with Gasteiger partial charge in [-0.3, -0.25) is 15.6 Å². The fourth-order valence-corrected chi connectivity index (χ4v) is 3.17. The molecule has 0 atom stereocenters. The molecule has 8 heteroatoms. The maximum Gasteiger partial charge on any atom is 0.264 e. The van der Waals surface area contributed by atoms with Crippen LogP contribution in [0.15, 0.2) is 42.5 Å². The third-order valence-electron chi connectivity index (χ3n) is 3.06. The summed E-state index contributed by atoms with van der Waals surface area (Å²) in [6, 6.07) is 12.8. The van der Waals surface area contributed by atoms with E-state index in [2.05, 4.69) is 15.8 Å². The smallest absolute Gasteiger partial charge is 0.264 e. The number of carbonyl (C=O) groups excluding carboxylic acids is 1. The Morgan fingerprint density at radius 3 is 2.79 bits per heavy atom. The summed E-state index contributed by atoms with van der Waals surface area (Å²) in [5, 5.41) is 1.69. The minimum Gasteiger partial charge on any atom is -0.364 e. The zero-order valence-corrected chi connectivity index (χ0v) is 14.7. The Hall–Kier alpha value is -1.86. The Morgan fingerprint density at radius 1 is 1.17 bits per heavy atom. The first-order valence-electron chi connectivity index (χ1n) is 7.04. The fourth-order valence-electron chi connectivity index (χ4n) is 1.96. The average Bonchev–Trinajstić information content (AvgIpc) is 2.98. The molecule has 0 aliphatic carbocycles. The van der Waals surface area contributed by atoms with Crippen molar-refractivity contribution in [1.82, 2.24) is 10.4 Å². The standard InChI is InChI=1S/C16H13Cl2N3O2S/c17-11-6-5-10(7-12(11)18)20-21-15(22)8-23-9-16-19-13-3-1-2-4-14(13)24-16/h1-7,20H,8-9H2,(H,21,22). The van der Waals surface area contributed by atoms with Crippen LogP contribution in [0.25, 0.3) is 10.2 Å². The van der Waals surface area contributed by atoms with Crippen LogP contribution in [0.3, 0.4) is 0 Å². The zero-order valence-electron chi connectivity index (χ0n) is 12.4. The van der Waals surface area contributed by atoms with Crippen molar-refractivity contribution in [3.63, 3.8) is 0 Å². The van der Waals surface area contributed by atoms with Crippen molar-refractivity contribution in [2.24, 2.45) is 0 Å². The number of hydrogen-bond acceptors (Lipinski definition) is 5. The van der Waals surface area contributed by atoms with Crippen LogP contribution in [0.4, 0.5) is 5.69 Å². The number of amides is 1. The molecule has 1 amide bonds. The topological polar surface area (TPSA) is 63.2 Å². The first kappa shape index (κ1) is 17.0. The first-order chi connectivity index (χ1) is 11.6. The highest BCUT2D eigenvalue weighted by atomic mass is 35.5. The number of fused-ring (bicyclic) bond motifs is 1. The van der Waals surface area contributed by atoms with Gasteiger partial charge in [0.15, 0.2) is 0 Å². The molecule has 0 fully saturated rings. The number of carbonyl (C=O) groups is 1. The van der Waals surface area contributed by atoms with Gasteiger partial charge in [0.25, 0.3) is 5.91 Å². The van der Waals surface area contributed by atoms with Gasteiger partial charge in [0, 0.05) is 0 Å². The SMILES string of the molecule is O=C(COCc1nc2ccccc2s1)NNc1ccc(Cl)c(Cl)c1. The molecule has 0 aliphatic rings. The van der Waals surface area contributed by atoms with Crippen LogP contribution < -0.4 is 10.9 Å². The molecule has 3 aromatic rings. The summed E-state index contributed by atoms with van der Waals surface area (Å²) < 4.78 is 6.49. The fraction of sp³-hybridized carbons (Fsp3) is 0.125. The summed E-state index contributed by atoms with van der Waals surface area (Å²) in [5.74, 6) is -0.304. The molecule has 0 radical (unpaired) electrons. The number of hydrazine groups is 1. The lowest BCUT2D eigenvalue weighted by atomic mass is 10.3. The Labute approximate surface area is 152 Å². The number of ether oxygens (including phenoxy) is 1. The van der Waals surface area contributed by atoms with Gasteiger partial charge in [0.05, 0.1) is 32.6 Å². The predicted octanol–water partition coefficient (Wildman–Crippen LogP) is 4.26. The molecular formula is C16H13Cl2N3O2S. The van der Waals surface area contributed by atoms with E-state index in [0.717, 1.165) is 15.2 Å². The van der Waals surface area contributed by atoms with E-state index in [-0.39, 0.29) is 12.5 Å². The Kier molecular flexibility index (Phi) is 5.52. The number of benzene rings is 2. The van der Waals surface area contributed by atoms with Crippen molar-refractivity contribution in [2.75, 3.05) is 12.0 Å². The third kappa shape index (κ3) is 4.36. The number of thiazole rings is 1. The van der Waals surface area contributed by atoms with E-state index >= 15 is 0 Å². The Bertz CT molecular complexity index is 836. The van der Waals surface area contributed by atoms with Gasteiger partial charge >= 0.3 is 0 Å². The van der Waals surface area contributed by atoms with E-state index in [1.165, 1.54) is 0 Å². The molecule has 1 heterocycles. The third-order valence-corrected chi connectivity index (χ3v) is 4.81. The van der Waals surface area contributed by atoms with Crippen LogP contribution in [0.2, 0.25) is 10.0 Å². The zero-order chi connectivity index (χ0) is 16.9. The molecule has 2 aromatic carbocycles. The second-order valence-corrected chi connectivity index (χ2v) is 6.80. The molecule has 0 unspecified atom stereocenters. The van der Waals surface area contributed by atoms with Crippen LogP contribution in [-0.4, -0.2) is 17.5 Å². The molecule has 1 aromatic heterocycles. The number of hydrogen-bond donors (Lipinski definition) is 2. The van der Waals surface area contributed by atoms with E-state index in [1.54, 1.807) is 29.5 Å². The predicted molar refractivity (Wildman–Crippen MR) is 97.5 cm³/mol. The Morgan fingerprint density at radius 2 is 2.00 bits per heavy atom. The van der Waals surface area contributed by atoms with Crippen LogP contribution in [0.5, 0.6) is 0 Å². The highest BCUT2D eigenvalue weighted by Gasteiger charge is 2.06. The van der Waals surface area contributed by atoms with Gasteiger partial charge in [-0.05, 0) is 30.3 Å². The van der Waals surface area contributed by atoms with Crippen molar-refractivity contribution in [1.29, 1.82) is 0 Å². The minimum atomic E-state index is -0.304. The maximum atomic E-state index is 11.8. The molecule has 0 aliphatic heterocycles. The monoisotopic (exact) mass is 381 g/mol. The lowest BCUT2D eigenvalue weighted by molar-refractivity contribution is -0.125. The van der Waals surface area contributed by atoms with Gasteiger partial charge in [-0.15, -0.1) is 11.3 Å². The van der Waals surface area contributed by atoms with Crippen LogP contribution >= 0.6 is 34.5 Å². The number of nitrogens with one attached hydrogen (secondary N) is 2. The van der Waals surface area contributed by atoms with E-state index in [1.807, 2.05) is 24.3 Å². The molecule has 3 rings (SSSR count). The van der Waals surface area contributed by atoms with Gasteiger partial charge in [-0.25, -0.2) is 4.98 Å². The summed E-state index contributed by atoms with van der Waals surface area (Å²) in [7, 11) is 0. The lowest BCUT2D eigenvalue weighted by Crippen LogP contribution is -2.32. The summed E-state index contributed by atoms with van der Waals surface area (Å²) >= 11 is 13.3. The summed E-state index contributed by atoms with van der Waals surface area (Å²) in [4.78, 5) is 16.2. The quantitative estimate of drug-likeness (QED) is 0.626. The van der Waals surface area contributed by atoms with Crippen molar-refractivity contribution in [2.45, 2.75) is 6.61 Å². The molecule has 0 saturated carbocycles. The molecule has 5 nitrogen and oxygen atoms in total. The summed E-state index contributed by atoms with van der Waals surface area (Å²) in [6.45, 7) is 0.212. The second kappa shape index (κ2) is 7.81. The van der Waals surface area contributed by atoms with Gasteiger partial charge < -0.3 is 4.74 Å². The van der Waals surface area contributed by atoms with Gasteiger partial charge in [0.1, 0.15) is 11.6 Å². The Balaban J connectivity index is 1.44. The van der Waals surface area contributed by atoms with Crippen molar-refractivity contribution < 1.29 is 9.53 Å². The van der Waals surface area contributed by atoms with E-state index in [9.17, 15) is 4.79 Å². The number of nitrogens with zero attached hydrogens (tertiary/aromatic N) is 1. The van der Waals surface area contributed by atoms with Crippen LogP contribution in [-0.2, 0) is 16.1 Å². The van der Waals surface area contributed by atoms with Gasteiger partial charge in [0.2, 0.25) is 0 Å². The number of para-hydroxylation sites is 1. The van der Waals surface area contributed by atoms with Crippen molar-refractivity contribution in [3.8, 4) is 0 Å². The summed E-state index contributed by atoms with van der Waals surface area (Å²) in [6.07, 6.45) is 0. The highest BCUT2D eigenvalue weighted by molar-refractivity contribution is 7.18. The number of rotatable bonds is 6. The molecule has 0 spiro atoms. The number of anilines is 1. The number of aromatic nitrogens is 1. The molecular weight excluding hydrogens is 369 g/mol.